The molecule has 1 heterocycles. The second kappa shape index (κ2) is 9.65. The summed E-state index contributed by atoms with van der Waals surface area (Å²) in [7, 11) is 0. The van der Waals surface area contributed by atoms with E-state index >= 15 is 0 Å². The van der Waals surface area contributed by atoms with Gasteiger partial charge in [0, 0.05) is 6.61 Å². The fourth-order valence-electron chi connectivity index (χ4n) is 2.29. The lowest BCUT2D eigenvalue weighted by atomic mass is 9.99. The molecule has 4 N–H and O–H groups in total. The number of hydrogen-bond acceptors (Lipinski definition) is 6. The molecule has 0 unspecified atom stereocenters. The third-order valence-electron chi connectivity index (χ3n) is 3.63. The summed E-state index contributed by atoms with van der Waals surface area (Å²) in [5.74, 6) is 0. The monoisotopic (exact) mass is 292 g/mol. The van der Waals surface area contributed by atoms with Crippen molar-refractivity contribution in [3.05, 3.63) is 0 Å². The van der Waals surface area contributed by atoms with Crippen molar-refractivity contribution in [3.63, 3.8) is 0 Å². The first kappa shape index (κ1) is 17.8. The van der Waals surface area contributed by atoms with Crippen molar-refractivity contribution in [1.82, 2.24) is 0 Å². The fourth-order valence-corrected chi connectivity index (χ4v) is 2.29. The van der Waals surface area contributed by atoms with Crippen molar-refractivity contribution in [3.8, 4) is 0 Å². The topological polar surface area (TPSA) is 99.4 Å². The minimum atomic E-state index is -1.37. The van der Waals surface area contributed by atoms with Crippen LogP contribution in [0, 0.1) is 0 Å². The van der Waals surface area contributed by atoms with Crippen LogP contribution >= 0.6 is 0 Å². The van der Waals surface area contributed by atoms with E-state index in [0.717, 1.165) is 19.3 Å². The van der Waals surface area contributed by atoms with Crippen LogP contribution in [0.2, 0.25) is 0 Å². The average Bonchev–Trinajstić information content (AvgIpc) is 2.46. The van der Waals surface area contributed by atoms with Gasteiger partial charge in [-0.1, -0.05) is 39.0 Å². The summed E-state index contributed by atoms with van der Waals surface area (Å²) >= 11 is 0. The zero-order chi connectivity index (χ0) is 15.0. The molecule has 0 aliphatic carbocycles. The van der Waals surface area contributed by atoms with Gasteiger partial charge in [0.05, 0.1) is 6.61 Å². The number of aliphatic hydroxyl groups excluding tert-OH is 4. The third kappa shape index (κ3) is 5.27. The van der Waals surface area contributed by atoms with Gasteiger partial charge in [0.1, 0.15) is 24.4 Å². The molecule has 6 nitrogen and oxygen atoms in total. The molecule has 1 aliphatic rings. The van der Waals surface area contributed by atoms with Gasteiger partial charge in [0.2, 0.25) is 0 Å². The fraction of sp³-hybridized carbons (Fsp3) is 1.00. The maximum absolute atomic E-state index is 9.75. The first-order chi connectivity index (χ1) is 9.61. The molecule has 0 radical (unpaired) electrons. The minimum absolute atomic E-state index is 0.425. The Morgan fingerprint density at radius 2 is 1.55 bits per heavy atom. The molecule has 0 aromatic heterocycles. The Morgan fingerprint density at radius 1 is 0.900 bits per heavy atom. The number of rotatable bonds is 9. The molecule has 0 saturated carbocycles. The molecular weight excluding hydrogens is 264 g/mol. The molecule has 1 saturated heterocycles. The Balaban J connectivity index is 2.21. The number of ether oxygens (including phenoxy) is 2. The van der Waals surface area contributed by atoms with Crippen LogP contribution in [0.1, 0.15) is 45.4 Å². The summed E-state index contributed by atoms with van der Waals surface area (Å²) in [6.45, 7) is 2.17. The third-order valence-corrected chi connectivity index (χ3v) is 3.63. The normalized spacial score (nSPS) is 34.4. The Bertz CT molecular complexity index is 248. The predicted molar refractivity (Wildman–Crippen MR) is 73.1 cm³/mol. The highest BCUT2D eigenvalue weighted by Crippen LogP contribution is 2.22. The SMILES string of the molecule is CCCCCCCCO[C@H]1O[C@@H](CO)[C@@H](O)[C@@H](O)[C@H]1O. The smallest absolute Gasteiger partial charge is 0.186 e. The molecule has 0 spiro atoms. The van der Waals surface area contributed by atoms with Crippen LogP contribution in [-0.4, -0.2) is 64.3 Å². The van der Waals surface area contributed by atoms with E-state index in [-0.39, 0.29) is 0 Å². The summed E-state index contributed by atoms with van der Waals surface area (Å²) in [5, 5.41) is 38.0. The van der Waals surface area contributed by atoms with Gasteiger partial charge in [-0.15, -0.1) is 0 Å². The lowest BCUT2D eigenvalue weighted by molar-refractivity contribution is -0.301. The van der Waals surface area contributed by atoms with E-state index in [1.54, 1.807) is 0 Å². The average molecular weight is 292 g/mol. The zero-order valence-corrected chi connectivity index (χ0v) is 12.1. The minimum Gasteiger partial charge on any atom is -0.394 e. The molecule has 6 heteroatoms. The van der Waals surface area contributed by atoms with Gasteiger partial charge >= 0.3 is 0 Å². The molecule has 120 valence electrons. The second-order valence-corrected chi connectivity index (χ2v) is 5.34. The van der Waals surface area contributed by atoms with Crippen molar-refractivity contribution in [2.24, 2.45) is 0 Å². The van der Waals surface area contributed by atoms with E-state index < -0.39 is 37.3 Å². The molecule has 1 aliphatic heterocycles. The molecule has 0 bridgehead atoms. The van der Waals surface area contributed by atoms with E-state index in [1.807, 2.05) is 0 Å². The van der Waals surface area contributed by atoms with Gasteiger partial charge in [-0.25, -0.2) is 0 Å². The van der Waals surface area contributed by atoms with Gasteiger partial charge < -0.3 is 29.9 Å². The maximum atomic E-state index is 9.75. The molecule has 1 rings (SSSR count). The van der Waals surface area contributed by atoms with Crippen LogP contribution in [-0.2, 0) is 9.47 Å². The summed E-state index contributed by atoms with van der Waals surface area (Å²) in [4.78, 5) is 0. The van der Waals surface area contributed by atoms with Crippen molar-refractivity contribution in [2.75, 3.05) is 13.2 Å². The van der Waals surface area contributed by atoms with E-state index in [0.29, 0.717) is 6.61 Å². The van der Waals surface area contributed by atoms with Gasteiger partial charge in [0.15, 0.2) is 6.29 Å². The van der Waals surface area contributed by atoms with Crippen LogP contribution in [0.25, 0.3) is 0 Å². The second-order valence-electron chi connectivity index (χ2n) is 5.34. The standard InChI is InChI=1S/C14H28O6/c1-2-3-4-5-6-7-8-19-14-13(18)12(17)11(16)10(9-15)20-14/h10-18H,2-9H2,1H3/t10-,11+,12+,13+,14-/m0/s1. The van der Waals surface area contributed by atoms with Crippen molar-refractivity contribution in [1.29, 1.82) is 0 Å². The number of unbranched alkanes of at least 4 members (excludes halogenated alkanes) is 5. The molecule has 0 aromatic carbocycles. The van der Waals surface area contributed by atoms with Crippen LogP contribution in [0.15, 0.2) is 0 Å². The summed E-state index contributed by atoms with van der Waals surface area (Å²) in [6.07, 6.45) is 0.851. The predicted octanol–water partition coefficient (Wildman–Crippen LogP) is 0.163. The first-order valence-corrected chi connectivity index (χ1v) is 7.54. The molecule has 0 amide bonds. The van der Waals surface area contributed by atoms with Crippen LogP contribution in [0.3, 0.4) is 0 Å². The molecule has 20 heavy (non-hydrogen) atoms. The quantitative estimate of drug-likeness (QED) is 0.452. The summed E-state index contributed by atoms with van der Waals surface area (Å²) in [5.41, 5.74) is 0. The van der Waals surface area contributed by atoms with Crippen LogP contribution in [0.5, 0.6) is 0 Å². The highest BCUT2D eigenvalue weighted by atomic mass is 16.7. The molecule has 5 atom stereocenters. The first-order valence-electron chi connectivity index (χ1n) is 7.54. The number of hydrogen-bond donors (Lipinski definition) is 4. The Labute approximate surface area is 120 Å². The van der Waals surface area contributed by atoms with E-state index in [9.17, 15) is 15.3 Å². The molecular formula is C14H28O6. The van der Waals surface area contributed by atoms with Gasteiger partial charge in [-0.3, -0.25) is 0 Å². The van der Waals surface area contributed by atoms with Gasteiger partial charge in [-0.05, 0) is 6.42 Å². The zero-order valence-electron chi connectivity index (χ0n) is 12.1. The van der Waals surface area contributed by atoms with E-state index in [4.69, 9.17) is 14.6 Å². The van der Waals surface area contributed by atoms with Crippen LogP contribution in [0.4, 0.5) is 0 Å². The Kier molecular flexibility index (Phi) is 8.60. The van der Waals surface area contributed by atoms with E-state index in [1.165, 1.54) is 19.3 Å². The van der Waals surface area contributed by atoms with Crippen molar-refractivity contribution >= 4 is 0 Å². The Morgan fingerprint density at radius 3 is 2.20 bits per heavy atom. The van der Waals surface area contributed by atoms with Crippen molar-refractivity contribution < 1.29 is 29.9 Å². The highest BCUT2D eigenvalue weighted by molar-refractivity contribution is 4.88. The molecule has 1 fully saturated rings. The maximum Gasteiger partial charge on any atom is 0.186 e. The summed E-state index contributed by atoms with van der Waals surface area (Å²) < 4.78 is 10.6. The van der Waals surface area contributed by atoms with E-state index in [2.05, 4.69) is 6.92 Å². The highest BCUT2D eigenvalue weighted by Gasteiger charge is 2.43. The lowest BCUT2D eigenvalue weighted by Gasteiger charge is -2.39. The lowest BCUT2D eigenvalue weighted by Crippen LogP contribution is -2.59. The summed E-state index contributed by atoms with van der Waals surface area (Å²) in [6, 6.07) is 0. The van der Waals surface area contributed by atoms with Gasteiger partial charge in [-0.2, -0.15) is 0 Å². The van der Waals surface area contributed by atoms with Crippen LogP contribution < -0.4 is 0 Å². The van der Waals surface area contributed by atoms with Gasteiger partial charge in [0.25, 0.3) is 0 Å². The van der Waals surface area contributed by atoms with Crippen molar-refractivity contribution in [2.45, 2.75) is 76.2 Å². The largest absolute Gasteiger partial charge is 0.394 e. The Hall–Kier alpha value is -0.240. The number of aliphatic hydroxyl groups is 4. The molecule has 0 aromatic rings.